The van der Waals surface area contributed by atoms with Crippen LogP contribution >= 0.6 is 23.1 Å². The lowest BCUT2D eigenvalue weighted by molar-refractivity contribution is -0.141. The number of carbonyl (C=O) groups is 2. The number of thioether (sulfide) groups is 1. The number of benzene rings is 2. The lowest BCUT2D eigenvalue weighted by atomic mass is 10.2. The Labute approximate surface area is 211 Å². The van der Waals surface area contributed by atoms with E-state index < -0.39 is 27.9 Å². The van der Waals surface area contributed by atoms with Gasteiger partial charge in [0.2, 0.25) is 10.0 Å². The number of sulfonamides is 1. The Bertz CT molecular complexity index is 1430. The molecule has 0 N–H and O–H groups in total. The summed E-state index contributed by atoms with van der Waals surface area (Å²) < 4.78 is 40.2. The second kappa shape index (κ2) is 10.5. The average Bonchev–Trinajstić information content (AvgIpc) is 3.49. The summed E-state index contributed by atoms with van der Waals surface area (Å²) in [7, 11) is -1.10. The number of nitrogens with zero attached hydrogens (tertiary/aromatic N) is 3. The Morgan fingerprint density at radius 3 is 2.57 bits per heavy atom. The van der Waals surface area contributed by atoms with Crippen LogP contribution in [0.3, 0.4) is 0 Å². The molecule has 1 saturated heterocycles. The van der Waals surface area contributed by atoms with Crippen LogP contribution in [0.1, 0.15) is 12.8 Å². The summed E-state index contributed by atoms with van der Waals surface area (Å²) in [6, 6.07) is 10.9. The van der Waals surface area contributed by atoms with Gasteiger partial charge in [-0.25, -0.2) is 8.42 Å². The molecule has 2 aromatic carbocycles. The number of fused-ring (bicyclic) bond motifs is 1. The molecule has 0 bridgehead atoms. The van der Waals surface area contributed by atoms with Crippen LogP contribution in [-0.4, -0.2) is 62.2 Å². The number of aromatic nitrogens is 1. The van der Waals surface area contributed by atoms with Gasteiger partial charge in [-0.1, -0.05) is 11.3 Å². The minimum Gasteiger partial charge on any atom is -0.497 e. The molecular weight excluding hydrogens is 510 g/mol. The number of esters is 1. The van der Waals surface area contributed by atoms with Crippen LogP contribution in [0.5, 0.6) is 5.75 Å². The Morgan fingerprint density at radius 2 is 1.91 bits per heavy atom. The fourth-order valence-corrected chi connectivity index (χ4v) is 7.18. The van der Waals surface area contributed by atoms with E-state index in [0.29, 0.717) is 23.4 Å². The van der Waals surface area contributed by atoms with Gasteiger partial charge in [-0.2, -0.15) is 9.30 Å². The third kappa shape index (κ3) is 5.15. The van der Waals surface area contributed by atoms with E-state index in [1.54, 1.807) is 28.5 Å². The van der Waals surface area contributed by atoms with E-state index in [-0.39, 0.29) is 18.0 Å². The smallest absolute Gasteiger partial charge is 0.325 e. The quantitative estimate of drug-likeness (QED) is 0.338. The lowest BCUT2D eigenvalue weighted by Crippen LogP contribution is -2.40. The Kier molecular flexibility index (Phi) is 7.64. The Hall–Kier alpha value is -2.67. The Balaban J connectivity index is 1.72. The van der Waals surface area contributed by atoms with Crippen molar-refractivity contribution in [2.45, 2.75) is 35.2 Å². The fraction of sp³-hybridized carbons (Fsp3) is 0.348. The summed E-state index contributed by atoms with van der Waals surface area (Å²) in [6.45, 7) is 0.117. The van der Waals surface area contributed by atoms with Gasteiger partial charge in [0, 0.05) is 11.4 Å². The van der Waals surface area contributed by atoms with E-state index in [2.05, 4.69) is 4.99 Å². The molecule has 1 amide bonds. The summed E-state index contributed by atoms with van der Waals surface area (Å²) in [5.74, 6) is -0.496. The van der Waals surface area contributed by atoms with Crippen LogP contribution in [0.25, 0.3) is 10.2 Å². The minimum atomic E-state index is -3.90. The van der Waals surface area contributed by atoms with Crippen molar-refractivity contribution in [2.75, 3.05) is 27.0 Å². The molecule has 2 heterocycles. The minimum absolute atomic E-state index is 0.0882. The molecule has 1 aliphatic heterocycles. The molecule has 1 aliphatic rings. The maximum Gasteiger partial charge on any atom is 0.325 e. The molecule has 1 fully saturated rings. The van der Waals surface area contributed by atoms with Crippen LogP contribution in [0.15, 0.2) is 57.2 Å². The molecule has 0 aliphatic carbocycles. The van der Waals surface area contributed by atoms with Crippen LogP contribution < -0.4 is 9.54 Å². The zero-order chi connectivity index (χ0) is 25.2. The van der Waals surface area contributed by atoms with E-state index >= 15 is 0 Å². The van der Waals surface area contributed by atoms with Gasteiger partial charge >= 0.3 is 5.97 Å². The molecular formula is C23H25N3O6S3. The molecule has 1 unspecified atom stereocenters. The molecule has 0 spiro atoms. The van der Waals surface area contributed by atoms with Crippen molar-refractivity contribution in [1.82, 2.24) is 8.87 Å². The van der Waals surface area contributed by atoms with Crippen LogP contribution in [-0.2, 0) is 30.9 Å². The predicted octanol–water partition coefficient (Wildman–Crippen LogP) is 2.89. The number of rotatable bonds is 7. The first kappa shape index (κ1) is 25.4. The van der Waals surface area contributed by atoms with Gasteiger partial charge in [0.15, 0.2) is 4.80 Å². The third-order valence-corrected chi connectivity index (χ3v) is 9.45. The van der Waals surface area contributed by atoms with Gasteiger partial charge < -0.3 is 14.0 Å². The molecule has 1 aromatic heterocycles. The van der Waals surface area contributed by atoms with E-state index in [9.17, 15) is 18.0 Å². The zero-order valence-electron chi connectivity index (χ0n) is 19.5. The number of methoxy groups -OCH3 is 2. The van der Waals surface area contributed by atoms with Crippen molar-refractivity contribution in [2.24, 2.45) is 4.99 Å². The number of hydrogen-bond acceptors (Lipinski definition) is 8. The second-order valence-corrected chi connectivity index (χ2v) is 11.6. The molecule has 186 valence electrons. The largest absolute Gasteiger partial charge is 0.497 e. The molecule has 0 saturated carbocycles. The van der Waals surface area contributed by atoms with Crippen molar-refractivity contribution in [3.8, 4) is 5.75 Å². The summed E-state index contributed by atoms with van der Waals surface area (Å²) in [5, 5.41) is 0. The molecule has 12 heteroatoms. The zero-order valence-corrected chi connectivity index (χ0v) is 21.9. The molecule has 0 radical (unpaired) electrons. The lowest BCUT2D eigenvalue weighted by Gasteiger charge is -2.21. The molecule has 35 heavy (non-hydrogen) atoms. The summed E-state index contributed by atoms with van der Waals surface area (Å²) in [6.07, 6.45) is 2.88. The first-order valence-corrected chi connectivity index (χ1v) is 14.2. The Morgan fingerprint density at radius 1 is 1.17 bits per heavy atom. The molecule has 1 atom stereocenters. The highest BCUT2D eigenvalue weighted by molar-refractivity contribution is 7.98. The highest BCUT2D eigenvalue weighted by atomic mass is 32.2. The monoisotopic (exact) mass is 535 g/mol. The molecule has 9 nitrogen and oxygen atoms in total. The highest BCUT2D eigenvalue weighted by Crippen LogP contribution is 2.28. The number of amides is 1. The van der Waals surface area contributed by atoms with Crippen molar-refractivity contribution >= 4 is 55.2 Å². The van der Waals surface area contributed by atoms with Gasteiger partial charge in [0.25, 0.3) is 5.91 Å². The maximum absolute atomic E-state index is 13.3. The predicted molar refractivity (Wildman–Crippen MR) is 134 cm³/mol. The highest BCUT2D eigenvalue weighted by Gasteiger charge is 2.39. The van der Waals surface area contributed by atoms with E-state index in [1.165, 1.54) is 42.0 Å². The first-order chi connectivity index (χ1) is 16.8. The molecule has 4 rings (SSSR count). The van der Waals surface area contributed by atoms with Crippen LogP contribution in [0, 0.1) is 0 Å². The first-order valence-electron chi connectivity index (χ1n) is 10.8. The van der Waals surface area contributed by atoms with Crippen LogP contribution in [0.4, 0.5) is 0 Å². The van der Waals surface area contributed by atoms with Gasteiger partial charge in [0.1, 0.15) is 18.3 Å². The standard InChI is InChI=1S/C23H25N3O6S3/c1-31-15-6-9-17(10-7-15)35(29,30)26-12-4-5-19(26)22(28)24-23-25(14-21(27)32-2)18-11-8-16(33-3)13-20(18)34-23/h6-11,13,19H,4-5,12,14H2,1-3H3. The van der Waals surface area contributed by atoms with E-state index in [4.69, 9.17) is 9.47 Å². The van der Waals surface area contributed by atoms with Crippen LogP contribution in [0.2, 0.25) is 0 Å². The SMILES string of the molecule is COC(=O)Cn1c(=NC(=O)C2CCCN2S(=O)(=O)c2ccc(OC)cc2)sc2cc(SC)ccc21. The summed E-state index contributed by atoms with van der Waals surface area (Å²) in [5.41, 5.74) is 0.749. The van der Waals surface area contributed by atoms with Crippen molar-refractivity contribution in [1.29, 1.82) is 0 Å². The molecule has 3 aromatic rings. The number of ether oxygens (including phenoxy) is 2. The second-order valence-electron chi connectivity index (χ2n) is 7.78. The average molecular weight is 536 g/mol. The fourth-order valence-electron chi connectivity index (χ4n) is 3.94. The number of hydrogen-bond donors (Lipinski definition) is 0. The van der Waals surface area contributed by atoms with Gasteiger partial charge in [-0.3, -0.25) is 9.59 Å². The third-order valence-electron chi connectivity index (χ3n) is 5.77. The maximum atomic E-state index is 13.3. The van der Waals surface area contributed by atoms with Crippen molar-refractivity contribution < 1.29 is 27.5 Å². The van der Waals surface area contributed by atoms with Crippen molar-refractivity contribution in [3.05, 3.63) is 47.3 Å². The topological polar surface area (TPSA) is 107 Å². The summed E-state index contributed by atoms with van der Waals surface area (Å²) in [4.78, 5) is 31.1. The summed E-state index contributed by atoms with van der Waals surface area (Å²) >= 11 is 2.86. The van der Waals surface area contributed by atoms with Gasteiger partial charge in [0.05, 0.1) is 29.3 Å². The van der Waals surface area contributed by atoms with E-state index in [1.807, 2.05) is 24.5 Å². The van der Waals surface area contributed by atoms with Gasteiger partial charge in [-0.15, -0.1) is 11.8 Å². The number of thiazole rings is 1. The van der Waals surface area contributed by atoms with Crippen molar-refractivity contribution in [3.63, 3.8) is 0 Å². The normalized spacial score (nSPS) is 17.1. The van der Waals surface area contributed by atoms with E-state index in [0.717, 1.165) is 15.1 Å². The number of carbonyl (C=O) groups excluding carboxylic acids is 2. The van der Waals surface area contributed by atoms with Gasteiger partial charge in [-0.05, 0) is 61.6 Å².